The molecule has 0 saturated heterocycles. The Hall–Kier alpha value is -2.77. The lowest BCUT2D eigenvalue weighted by atomic mass is 10.1. The van der Waals surface area contributed by atoms with Crippen molar-refractivity contribution in [3.05, 3.63) is 30.3 Å². The summed E-state index contributed by atoms with van der Waals surface area (Å²) in [5, 5.41) is 2.47. The second-order valence-electron chi connectivity index (χ2n) is 11.0. The maximum atomic E-state index is 12.3. The molecule has 1 aromatic carbocycles. The van der Waals surface area contributed by atoms with Gasteiger partial charge in [0.1, 0.15) is 28.6 Å². The van der Waals surface area contributed by atoms with Gasteiger partial charge in [-0.2, -0.15) is 0 Å². The van der Waals surface area contributed by atoms with E-state index in [-0.39, 0.29) is 12.8 Å². The van der Waals surface area contributed by atoms with Gasteiger partial charge in [0.15, 0.2) is 0 Å². The lowest BCUT2D eigenvalue weighted by Gasteiger charge is -2.26. The van der Waals surface area contributed by atoms with Crippen LogP contribution in [-0.2, 0) is 23.8 Å². The molecule has 200 valence electrons. The molecule has 0 aliphatic heterocycles. The number of hydrogen-bond donors (Lipinski definition) is 1. The number of amides is 1. The van der Waals surface area contributed by atoms with Gasteiger partial charge < -0.3 is 24.3 Å². The van der Waals surface area contributed by atoms with Gasteiger partial charge in [-0.25, -0.2) is 9.59 Å². The standard InChI is InChI=1S/C18H33NO6.C9H12O/c1-16(2,3)23-13(20)11-10-12(14(21)24-17(4,5)6)19-15(22)25-18(7,8)9;1-2-8-10-9-6-4-3-5-7-9/h12H,10-11H2,1-9H3,(H,19,22);3-7H,2,8H2,1H3. The maximum Gasteiger partial charge on any atom is 0.408 e. The number of nitrogens with one attached hydrogen (secondary N) is 1. The van der Waals surface area contributed by atoms with Gasteiger partial charge >= 0.3 is 18.0 Å². The molecular formula is C27H45NO7. The summed E-state index contributed by atoms with van der Waals surface area (Å²) in [6, 6.07) is 8.88. The Morgan fingerprint density at radius 3 is 1.77 bits per heavy atom. The van der Waals surface area contributed by atoms with Crippen molar-refractivity contribution in [3.63, 3.8) is 0 Å². The van der Waals surface area contributed by atoms with Gasteiger partial charge in [0.05, 0.1) is 6.61 Å². The third-order valence-electron chi connectivity index (χ3n) is 3.66. The maximum absolute atomic E-state index is 12.3. The summed E-state index contributed by atoms with van der Waals surface area (Å²) in [6.07, 6.45) is 0.349. The molecule has 0 saturated carbocycles. The van der Waals surface area contributed by atoms with E-state index >= 15 is 0 Å². The van der Waals surface area contributed by atoms with Crippen LogP contribution < -0.4 is 10.1 Å². The Kier molecular flexibility index (Phi) is 13.4. The Balaban J connectivity index is 0.000000952. The lowest BCUT2D eigenvalue weighted by Crippen LogP contribution is -2.46. The Morgan fingerprint density at radius 1 is 0.800 bits per heavy atom. The molecule has 8 nitrogen and oxygen atoms in total. The van der Waals surface area contributed by atoms with Gasteiger partial charge in [-0.1, -0.05) is 25.1 Å². The number of carbonyl (C=O) groups is 3. The summed E-state index contributed by atoms with van der Waals surface area (Å²) >= 11 is 0. The summed E-state index contributed by atoms with van der Waals surface area (Å²) in [6.45, 7) is 18.5. The second-order valence-corrected chi connectivity index (χ2v) is 11.0. The molecule has 0 bridgehead atoms. The average Bonchev–Trinajstić information content (AvgIpc) is 2.66. The van der Waals surface area contributed by atoms with Crippen molar-refractivity contribution in [1.82, 2.24) is 5.32 Å². The quantitative estimate of drug-likeness (QED) is 0.358. The van der Waals surface area contributed by atoms with E-state index in [9.17, 15) is 14.4 Å². The van der Waals surface area contributed by atoms with Gasteiger partial charge in [0, 0.05) is 6.42 Å². The van der Waals surface area contributed by atoms with E-state index in [1.165, 1.54) is 0 Å². The second kappa shape index (κ2) is 14.6. The minimum absolute atomic E-state index is 0.0308. The molecule has 35 heavy (non-hydrogen) atoms. The predicted octanol–water partition coefficient (Wildman–Crippen LogP) is 5.82. The van der Waals surface area contributed by atoms with Crippen LogP contribution in [0.5, 0.6) is 5.75 Å². The topological polar surface area (TPSA) is 100 Å². The number of benzene rings is 1. The molecule has 0 heterocycles. The van der Waals surface area contributed by atoms with E-state index in [0.29, 0.717) is 0 Å². The normalized spacial score (nSPS) is 12.4. The fourth-order valence-corrected chi connectivity index (χ4v) is 2.46. The Labute approximate surface area is 211 Å². The van der Waals surface area contributed by atoms with Gasteiger partial charge in [0.2, 0.25) is 0 Å². The smallest absolute Gasteiger partial charge is 0.408 e. The monoisotopic (exact) mass is 495 g/mol. The number of hydrogen-bond acceptors (Lipinski definition) is 7. The minimum atomic E-state index is -0.999. The van der Waals surface area contributed by atoms with E-state index in [4.69, 9.17) is 18.9 Å². The third kappa shape index (κ3) is 19.3. The predicted molar refractivity (Wildman–Crippen MR) is 136 cm³/mol. The van der Waals surface area contributed by atoms with E-state index in [1.807, 2.05) is 30.3 Å². The molecule has 1 unspecified atom stereocenters. The molecule has 0 fully saturated rings. The molecule has 0 aliphatic carbocycles. The highest BCUT2D eigenvalue weighted by Crippen LogP contribution is 2.14. The number of carbonyl (C=O) groups excluding carboxylic acids is 3. The number of esters is 2. The van der Waals surface area contributed by atoms with Crippen LogP contribution in [0.2, 0.25) is 0 Å². The van der Waals surface area contributed by atoms with Crippen LogP contribution in [0.3, 0.4) is 0 Å². The third-order valence-corrected chi connectivity index (χ3v) is 3.66. The molecule has 1 rings (SSSR count). The highest BCUT2D eigenvalue weighted by molar-refractivity contribution is 5.82. The molecular weight excluding hydrogens is 450 g/mol. The molecule has 0 radical (unpaired) electrons. The SMILES string of the molecule is CC(C)(C)OC(=O)CCC(NC(=O)OC(C)(C)C)C(=O)OC(C)(C)C.CCCOc1ccccc1. The molecule has 0 aromatic heterocycles. The fraction of sp³-hybridized carbons (Fsp3) is 0.667. The first-order valence-corrected chi connectivity index (χ1v) is 12.0. The number of alkyl carbamates (subject to hydrolysis) is 1. The van der Waals surface area contributed by atoms with Crippen LogP contribution in [0.15, 0.2) is 30.3 Å². The van der Waals surface area contributed by atoms with Crippen LogP contribution in [0, 0.1) is 0 Å². The van der Waals surface area contributed by atoms with Crippen LogP contribution in [0.4, 0.5) is 4.79 Å². The van der Waals surface area contributed by atoms with Gasteiger partial charge in [-0.15, -0.1) is 0 Å². The van der Waals surface area contributed by atoms with Crippen molar-refractivity contribution in [2.75, 3.05) is 6.61 Å². The summed E-state index contributed by atoms with van der Waals surface area (Å²) in [5.41, 5.74) is -2.03. The summed E-state index contributed by atoms with van der Waals surface area (Å²) in [4.78, 5) is 36.1. The Morgan fingerprint density at radius 2 is 1.31 bits per heavy atom. The molecule has 0 aliphatic rings. The highest BCUT2D eigenvalue weighted by Gasteiger charge is 2.29. The first-order valence-electron chi connectivity index (χ1n) is 12.0. The van der Waals surface area contributed by atoms with Gasteiger partial charge in [-0.3, -0.25) is 4.79 Å². The van der Waals surface area contributed by atoms with Crippen molar-refractivity contribution in [2.45, 2.75) is 111 Å². The molecule has 0 spiro atoms. The fourth-order valence-electron chi connectivity index (χ4n) is 2.46. The van der Waals surface area contributed by atoms with E-state index < -0.39 is 40.9 Å². The average molecular weight is 496 g/mol. The number of ether oxygens (including phenoxy) is 4. The van der Waals surface area contributed by atoms with Crippen LogP contribution in [0.1, 0.15) is 88.5 Å². The van der Waals surface area contributed by atoms with E-state index in [0.717, 1.165) is 18.8 Å². The van der Waals surface area contributed by atoms with Crippen molar-refractivity contribution in [3.8, 4) is 5.75 Å². The van der Waals surface area contributed by atoms with Gasteiger partial charge in [0.25, 0.3) is 0 Å². The largest absolute Gasteiger partial charge is 0.494 e. The number of rotatable bonds is 8. The molecule has 1 amide bonds. The van der Waals surface area contributed by atoms with Crippen molar-refractivity contribution < 1.29 is 33.3 Å². The zero-order valence-electron chi connectivity index (χ0n) is 23.2. The van der Waals surface area contributed by atoms with E-state index in [2.05, 4.69) is 12.2 Å². The van der Waals surface area contributed by atoms with Gasteiger partial charge in [-0.05, 0) is 87.3 Å². The first-order chi connectivity index (χ1) is 15.9. The zero-order valence-corrected chi connectivity index (χ0v) is 23.2. The summed E-state index contributed by atoms with van der Waals surface area (Å²) in [5.74, 6) is -0.113. The van der Waals surface area contributed by atoms with Crippen LogP contribution >= 0.6 is 0 Å². The summed E-state index contributed by atoms with van der Waals surface area (Å²) in [7, 11) is 0. The van der Waals surface area contributed by atoms with Crippen molar-refractivity contribution in [1.29, 1.82) is 0 Å². The van der Waals surface area contributed by atoms with Crippen LogP contribution in [0.25, 0.3) is 0 Å². The highest BCUT2D eigenvalue weighted by atomic mass is 16.6. The minimum Gasteiger partial charge on any atom is -0.494 e. The molecule has 1 N–H and O–H groups in total. The Bertz CT molecular complexity index is 771. The first kappa shape index (κ1) is 32.2. The molecule has 1 aromatic rings. The van der Waals surface area contributed by atoms with Crippen molar-refractivity contribution >= 4 is 18.0 Å². The molecule has 8 heteroatoms. The number of para-hydroxylation sites is 1. The van der Waals surface area contributed by atoms with Crippen molar-refractivity contribution in [2.24, 2.45) is 0 Å². The zero-order chi connectivity index (χ0) is 27.3. The molecule has 1 atom stereocenters. The summed E-state index contributed by atoms with van der Waals surface area (Å²) < 4.78 is 21.0. The van der Waals surface area contributed by atoms with E-state index in [1.54, 1.807) is 62.3 Å². The van der Waals surface area contributed by atoms with Crippen LogP contribution in [-0.4, -0.2) is 47.5 Å². The lowest BCUT2D eigenvalue weighted by molar-refractivity contribution is -0.158.